The molecule has 3 saturated carbocycles. The first-order valence-corrected chi connectivity index (χ1v) is 8.26. The van der Waals surface area contributed by atoms with Crippen molar-refractivity contribution in [3.8, 4) is 0 Å². The van der Waals surface area contributed by atoms with E-state index in [0.717, 1.165) is 30.8 Å². The second-order valence-electron chi connectivity index (χ2n) is 6.93. The lowest BCUT2D eigenvalue weighted by Crippen LogP contribution is -2.49. The third-order valence-corrected chi connectivity index (χ3v) is 5.80. The van der Waals surface area contributed by atoms with Crippen LogP contribution >= 0.6 is 0 Å². The van der Waals surface area contributed by atoms with E-state index >= 15 is 0 Å². The van der Waals surface area contributed by atoms with Crippen LogP contribution in [0.5, 0.6) is 0 Å². The van der Waals surface area contributed by atoms with Crippen LogP contribution in [0.15, 0.2) is 0 Å². The van der Waals surface area contributed by atoms with E-state index < -0.39 is 0 Å². The second-order valence-corrected chi connectivity index (χ2v) is 6.93. The summed E-state index contributed by atoms with van der Waals surface area (Å²) >= 11 is 0. The Balaban J connectivity index is 1.49. The van der Waals surface area contributed by atoms with Gasteiger partial charge in [0.25, 0.3) is 0 Å². The Morgan fingerprint density at radius 1 is 0.833 bits per heavy atom. The van der Waals surface area contributed by atoms with E-state index in [2.05, 4.69) is 5.32 Å². The Labute approximate surface area is 112 Å². The molecule has 0 amide bonds. The van der Waals surface area contributed by atoms with Crippen molar-refractivity contribution >= 4 is 0 Å². The highest BCUT2D eigenvalue weighted by Gasteiger charge is 2.36. The minimum Gasteiger partial charge on any atom is -0.393 e. The molecular weight excluding hydrogens is 222 g/mol. The zero-order valence-corrected chi connectivity index (χ0v) is 11.6. The fourth-order valence-corrected chi connectivity index (χ4v) is 4.03. The second kappa shape index (κ2) is 5.92. The van der Waals surface area contributed by atoms with Gasteiger partial charge in [-0.2, -0.15) is 0 Å². The lowest BCUT2D eigenvalue weighted by atomic mass is 9.68. The third kappa shape index (κ3) is 2.75. The molecule has 3 rings (SSSR count). The standard InChI is InChI=1S/C16H29NO/c18-15-10-2-1-5-14(15)11-17-16(12-6-3-7-12)13-8-4-9-13/h12-18H,1-11H2. The van der Waals surface area contributed by atoms with Gasteiger partial charge < -0.3 is 10.4 Å². The minimum atomic E-state index is -0.0327. The van der Waals surface area contributed by atoms with Crippen molar-refractivity contribution in [2.75, 3.05) is 6.54 Å². The number of aliphatic hydroxyl groups is 1. The molecule has 0 aromatic heterocycles. The van der Waals surface area contributed by atoms with E-state index in [1.165, 1.54) is 57.8 Å². The predicted molar refractivity (Wildman–Crippen MR) is 74.4 cm³/mol. The smallest absolute Gasteiger partial charge is 0.0580 e. The molecule has 3 aliphatic carbocycles. The summed E-state index contributed by atoms with van der Waals surface area (Å²) in [7, 11) is 0. The summed E-state index contributed by atoms with van der Waals surface area (Å²) in [6.45, 7) is 1.07. The maximum Gasteiger partial charge on any atom is 0.0580 e. The van der Waals surface area contributed by atoms with Crippen LogP contribution in [0.1, 0.15) is 64.2 Å². The quantitative estimate of drug-likeness (QED) is 0.787. The molecule has 2 nitrogen and oxygen atoms in total. The summed E-state index contributed by atoms with van der Waals surface area (Å²) in [6.07, 6.45) is 13.5. The Kier molecular flexibility index (Phi) is 4.25. The van der Waals surface area contributed by atoms with Gasteiger partial charge in [0.2, 0.25) is 0 Å². The van der Waals surface area contributed by atoms with Crippen LogP contribution in [-0.2, 0) is 0 Å². The molecule has 18 heavy (non-hydrogen) atoms. The zero-order valence-electron chi connectivity index (χ0n) is 11.6. The average molecular weight is 251 g/mol. The molecule has 0 radical (unpaired) electrons. The molecule has 0 aromatic rings. The summed E-state index contributed by atoms with van der Waals surface area (Å²) in [4.78, 5) is 0. The lowest BCUT2D eigenvalue weighted by molar-refractivity contribution is 0.0561. The van der Waals surface area contributed by atoms with Crippen molar-refractivity contribution in [1.29, 1.82) is 0 Å². The van der Waals surface area contributed by atoms with Crippen molar-refractivity contribution in [2.24, 2.45) is 17.8 Å². The number of aliphatic hydroxyl groups excluding tert-OH is 1. The molecule has 0 aromatic carbocycles. The largest absolute Gasteiger partial charge is 0.393 e. The van der Waals surface area contributed by atoms with Crippen molar-refractivity contribution in [3.63, 3.8) is 0 Å². The molecule has 0 aliphatic heterocycles. The monoisotopic (exact) mass is 251 g/mol. The van der Waals surface area contributed by atoms with Gasteiger partial charge in [0, 0.05) is 12.6 Å². The van der Waals surface area contributed by atoms with Gasteiger partial charge in [0.15, 0.2) is 0 Å². The first-order valence-electron chi connectivity index (χ1n) is 8.26. The van der Waals surface area contributed by atoms with E-state index in [1.807, 2.05) is 0 Å². The summed E-state index contributed by atoms with van der Waals surface area (Å²) in [5, 5.41) is 13.9. The summed E-state index contributed by atoms with van der Waals surface area (Å²) in [5.74, 6) is 2.44. The summed E-state index contributed by atoms with van der Waals surface area (Å²) in [6, 6.07) is 0.779. The van der Waals surface area contributed by atoms with Crippen molar-refractivity contribution in [2.45, 2.75) is 76.4 Å². The Hall–Kier alpha value is -0.0800. The molecule has 2 N–H and O–H groups in total. The van der Waals surface area contributed by atoms with Gasteiger partial charge in [-0.1, -0.05) is 25.7 Å². The van der Waals surface area contributed by atoms with Gasteiger partial charge in [0.1, 0.15) is 0 Å². The number of nitrogens with one attached hydrogen (secondary N) is 1. The number of rotatable bonds is 5. The van der Waals surface area contributed by atoms with Gasteiger partial charge in [0.05, 0.1) is 6.10 Å². The SMILES string of the molecule is OC1CCCCC1CNC(C1CCC1)C1CCC1. The van der Waals surface area contributed by atoms with Gasteiger partial charge >= 0.3 is 0 Å². The molecule has 2 unspecified atom stereocenters. The van der Waals surface area contributed by atoms with Crippen LogP contribution < -0.4 is 5.32 Å². The fraction of sp³-hybridized carbons (Fsp3) is 1.00. The van der Waals surface area contributed by atoms with E-state index in [0.29, 0.717) is 5.92 Å². The average Bonchev–Trinajstić information content (AvgIpc) is 2.23. The van der Waals surface area contributed by atoms with Crippen molar-refractivity contribution in [3.05, 3.63) is 0 Å². The lowest BCUT2D eigenvalue weighted by Gasteiger charge is -2.44. The highest BCUT2D eigenvalue weighted by Crippen LogP contribution is 2.40. The van der Waals surface area contributed by atoms with E-state index in [9.17, 15) is 5.11 Å². The van der Waals surface area contributed by atoms with E-state index in [4.69, 9.17) is 0 Å². The topological polar surface area (TPSA) is 32.3 Å². The Morgan fingerprint density at radius 3 is 1.94 bits per heavy atom. The first kappa shape index (κ1) is 12.9. The number of hydrogen-bond acceptors (Lipinski definition) is 2. The van der Waals surface area contributed by atoms with Crippen LogP contribution in [0.2, 0.25) is 0 Å². The maximum atomic E-state index is 10.1. The Morgan fingerprint density at radius 2 is 1.44 bits per heavy atom. The number of hydrogen-bond donors (Lipinski definition) is 2. The minimum absolute atomic E-state index is 0.0327. The van der Waals surface area contributed by atoms with Crippen molar-refractivity contribution < 1.29 is 5.11 Å². The highest BCUT2D eigenvalue weighted by atomic mass is 16.3. The first-order chi connectivity index (χ1) is 8.84. The molecule has 0 saturated heterocycles. The summed E-state index contributed by atoms with van der Waals surface area (Å²) in [5.41, 5.74) is 0. The van der Waals surface area contributed by atoms with Crippen LogP contribution in [0.3, 0.4) is 0 Å². The van der Waals surface area contributed by atoms with Crippen LogP contribution in [0, 0.1) is 17.8 Å². The van der Waals surface area contributed by atoms with E-state index in [-0.39, 0.29) is 6.10 Å². The normalized spacial score (nSPS) is 34.3. The van der Waals surface area contributed by atoms with Gasteiger partial charge in [-0.3, -0.25) is 0 Å². The van der Waals surface area contributed by atoms with Crippen LogP contribution in [0.25, 0.3) is 0 Å². The van der Waals surface area contributed by atoms with Gasteiger partial charge in [-0.25, -0.2) is 0 Å². The summed E-state index contributed by atoms with van der Waals surface area (Å²) < 4.78 is 0. The maximum absolute atomic E-state index is 10.1. The van der Waals surface area contributed by atoms with Gasteiger partial charge in [-0.05, 0) is 56.3 Å². The molecule has 104 valence electrons. The zero-order chi connectivity index (χ0) is 12.4. The molecular formula is C16H29NO. The highest BCUT2D eigenvalue weighted by molar-refractivity contribution is 4.92. The van der Waals surface area contributed by atoms with Crippen LogP contribution in [-0.4, -0.2) is 23.8 Å². The molecule has 0 bridgehead atoms. The molecule has 2 atom stereocenters. The molecule has 2 heteroatoms. The molecule has 0 heterocycles. The van der Waals surface area contributed by atoms with Crippen molar-refractivity contribution in [1.82, 2.24) is 5.32 Å². The van der Waals surface area contributed by atoms with Crippen LogP contribution in [0.4, 0.5) is 0 Å². The Bertz CT molecular complexity index is 246. The fourth-order valence-electron chi connectivity index (χ4n) is 4.03. The third-order valence-electron chi connectivity index (χ3n) is 5.80. The molecule has 3 aliphatic rings. The molecule has 0 spiro atoms. The predicted octanol–water partition coefficient (Wildman–Crippen LogP) is 3.10. The van der Waals surface area contributed by atoms with Gasteiger partial charge in [-0.15, -0.1) is 0 Å². The van der Waals surface area contributed by atoms with E-state index in [1.54, 1.807) is 0 Å². The molecule has 3 fully saturated rings.